The van der Waals surface area contributed by atoms with Crippen LogP contribution in [-0.2, 0) is 0 Å². The average Bonchev–Trinajstić information content (AvgIpc) is 2.39. The second-order valence-corrected chi connectivity index (χ2v) is 2.86. The SMILES string of the molecule is N=C1CNCC12CC2. The van der Waals surface area contributed by atoms with Crippen LogP contribution in [0.3, 0.4) is 0 Å². The summed E-state index contributed by atoms with van der Waals surface area (Å²) in [6, 6.07) is 0. The van der Waals surface area contributed by atoms with Crippen molar-refractivity contribution in [3.63, 3.8) is 0 Å². The van der Waals surface area contributed by atoms with Gasteiger partial charge in [0.2, 0.25) is 0 Å². The van der Waals surface area contributed by atoms with E-state index in [-0.39, 0.29) is 0 Å². The first-order valence-corrected chi connectivity index (χ1v) is 3.12. The van der Waals surface area contributed by atoms with Crippen molar-refractivity contribution in [3.8, 4) is 0 Å². The van der Waals surface area contributed by atoms with Crippen molar-refractivity contribution in [1.82, 2.24) is 5.32 Å². The molecule has 1 spiro atoms. The summed E-state index contributed by atoms with van der Waals surface area (Å²) in [6.45, 7) is 1.92. The lowest BCUT2D eigenvalue weighted by molar-refractivity contribution is 0.687. The van der Waals surface area contributed by atoms with Gasteiger partial charge in [0.25, 0.3) is 0 Å². The Morgan fingerprint density at radius 3 is 2.50 bits per heavy atom. The second kappa shape index (κ2) is 1.13. The average molecular weight is 110 g/mol. The van der Waals surface area contributed by atoms with Crippen LogP contribution in [0.25, 0.3) is 0 Å². The predicted octanol–water partition coefficient (Wildman–Crippen LogP) is 0.390. The molecule has 0 aromatic rings. The van der Waals surface area contributed by atoms with Crippen molar-refractivity contribution >= 4 is 5.71 Å². The van der Waals surface area contributed by atoms with Gasteiger partial charge in [-0.25, -0.2) is 0 Å². The molecule has 2 N–H and O–H groups in total. The molecule has 1 aliphatic carbocycles. The highest BCUT2D eigenvalue weighted by molar-refractivity contribution is 5.93. The fraction of sp³-hybridized carbons (Fsp3) is 0.833. The summed E-state index contributed by atoms with van der Waals surface area (Å²) in [5.74, 6) is 0. The molecule has 1 aliphatic heterocycles. The van der Waals surface area contributed by atoms with E-state index in [1.165, 1.54) is 12.8 Å². The van der Waals surface area contributed by atoms with Crippen LogP contribution < -0.4 is 5.32 Å². The van der Waals surface area contributed by atoms with Gasteiger partial charge in [0.15, 0.2) is 0 Å². The van der Waals surface area contributed by atoms with E-state index in [4.69, 9.17) is 5.41 Å². The van der Waals surface area contributed by atoms with Gasteiger partial charge in [-0.15, -0.1) is 0 Å². The minimum atomic E-state index is 0.375. The predicted molar refractivity (Wildman–Crippen MR) is 32.3 cm³/mol. The highest BCUT2D eigenvalue weighted by Crippen LogP contribution is 2.47. The fourth-order valence-corrected chi connectivity index (χ4v) is 1.35. The Hall–Kier alpha value is -0.370. The quantitative estimate of drug-likeness (QED) is 0.465. The van der Waals surface area contributed by atoms with Crippen molar-refractivity contribution in [2.24, 2.45) is 5.41 Å². The molecule has 8 heavy (non-hydrogen) atoms. The number of nitrogens with one attached hydrogen (secondary N) is 2. The van der Waals surface area contributed by atoms with E-state index in [0.29, 0.717) is 5.41 Å². The van der Waals surface area contributed by atoms with Crippen LogP contribution in [-0.4, -0.2) is 18.8 Å². The third-order valence-electron chi connectivity index (χ3n) is 2.26. The van der Waals surface area contributed by atoms with Gasteiger partial charge in [0.05, 0.1) is 0 Å². The first-order chi connectivity index (χ1) is 3.83. The molecule has 1 saturated carbocycles. The summed E-state index contributed by atoms with van der Waals surface area (Å²) in [5, 5.41) is 10.7. The molecule has 0 radical (unpaired) electrons. The summed E-state index contributed by atoms with van der Waals surface area (Å²) in [6.07, 6.45) is 2.53. The Morgan fingerprint density at radius 2 is 2.25 bits per heavy atom. The van der Waals surface area contributed by atoms with Crippen LogP contribution in [0.15, 0.2) is 0 Å². The van der Waals surface area contributed by atoms with E-state index >= 15 is 0 Å². The molecule has 0 amide bonds. The molecule has 0 unspecified atom stereocenters. The summed E-state index contributed by atoms with van der Waals surface area (Å²) >= 11 is 0. The Morgan fingerprint density at radius 1 is 1.50 bits per heavy atom. The lowest BCUT2D eigenvalue weighted by atomic mass is 10.1. The first kappa shape index (κ1) is 4.50. The molecule has 2 rings (SSSR count). The van der Waals surface area contributed by atoms with Crippen molar-refractivity contribution < 1.29 is 0 Å². The molecule has 1 heterocycles. The van der Waals surface area contributed by atoms with Gasteiger partial charge in [-0.1, -0.05) is 0 Å². The van der Waals surface area contributed by atoms with Crippen LogP contribution >= 0.6 is 0 Å². The fourth-order valence-electron chi connectivity index (χ4n) is 1.35. The smallest absolute Gasteiger partial charge is 0.0339 e. The van der Waals surface area contributed by atoms with Crippen molar-refractivity contribution in [1.29, 1.82) is 5.41 Å². The van der Waals surface area contributed by atoms with Gasteiger partial charge in [0.1, 0.15) is 0 Å². The van der Waals surface area contributed by atoms with Crippen LogP contribution in [0.4, 0.5) is 0 Å². The largest absolute Gasteiger partial charge is 0.311 e. The van der Waals surface area contributed by atoms with E-state index in [2.05, 4.69) is 5.32 Å². The summed E-state index contributed by atoms with van der Waals surface area (Å²) in [7, 11) is 0. The van der Waals surface area contributed by atoms with Crippen molar-refractivity contribution in [2.75, 3.05) is 13.1 Å². The third-order valence-corrected chi connectivity index (χ3v) is 2.26. The second-order valence-electron chi connectivity index (χ2n) is 2.86. The van der Waals surface area contributed by atoms with E-state index in [9.17, 15) is 0 Å². The molecule has 0 bridgehead atoms. The zero-order valence-corrected chi connectivity index (χ0v) is 4.83. The molecule has 2 fully saturated rings. The molecular weight excluding hydrogens is 100 g/mol. The molecule has 0 atom stereocenters. The highest BCUT2D eigenvalue weighted by atomic mass is 15.0. The van der Waals surface area contributed by atoms with Crippen LogP contribution in [0.5, 0.6) is 0 Å². The van der Waals surface area contributed by atoms with Gasteiger partial charge < -0.3 is 10.7 Å². The van der Waals surface area contributed by atoms with Gasteiger partial charge >= 0.3 is 0 Å². The molecule has 2 nitrogen and oxygen atoms in total. The summed E-state index contributed by atoms with van der Waals surface area (Å²) in [5.41, 5.74) is 1.32. The van der Waals surface area contributed by atoms with Gasteiger partial charge in [-0.05, 0) is 12.8 Å². The lowest BCUT2D eigenvalue weighted by Crippen LogP contribution is -2.10. The summed E-state index contributed by atoms with van der Waals surface area (Å²) < 4.78 is 0. The molecule has 2 aliphatic rings. The van der Waals surface area contributed by atoms with Gasteiger partial charge in [0, 0.05) is 24.2 Å². The maximum absolute atomic E-state index is 7.45. The Kier molecular flexibility index (Phi) is 0.637. The van der Waals surface area contributed by atoms with E-state index in [0.717, 1.165) is 18.8 Å². The number of hydrogen-bond acceptors (Lipinski definition) is 2. The Labute approximate surface area is 48.8 Å². The van der Waals surface area contributed by atoms with Crippen molar-refractivity contribution in [3.05, 3.63) is 0 Å². The van der Waals surface area contributed by atoms with E-state index in [1.807, 2.05) is 0 Å². The minimum Gasteiger partial charge on any atom is -0.311 e. The zero-order chi connectivity index (χ0) is 5.61. The molecule has 2 heteroatoms. The standard InChI is InChI=1S/C6H10N2/c7-5-3-8-4-6(5)1-2-6/h7-8H,1-4H2. The van der Waals surface area contributed by atoms with E-state index < -0.39 is 0 Å². The maximum atomic E-state index is 7.45. The van der Waals surface area contributed by atoms with Crippen LogP contribution in [0, 0.1) is 10.8 Å². The van der Waals surface area contributed by atoms with Crippen molar-refractivity contribution in [2.45, 2.75) is 12.8 Å². The zero-order valence-electron chi connectivity index (χ0n) is 4.83. The Balaban J connectivity index is 2.23. The Bertz CT molecular complexity index is 135. The number of rotatable bonds is 0. The van der Waals surface area contributed by atoms with E-state index in [1.54, 1.807) is 0 Å². The van der Waals surface area contributed by atoms with Crippen LogP contribution in [0.1, 0.15) is 12.8 Å². The lowest BCUT2D eigenvalue weighted by Gasteiger charge is -1.99. The maximum Gasteiger partial charge on any atom is 0.0339 e. The first-order valence-electron chi connectivity index (χ1n) is 3.12. The molecule has 0 aromatic heterocycles. The third kappa shape index (κ3) is 0.388. The van der Waals surface area contributed by atoms with Crippen LogP contribution in [0.2, 0.25) is 0 Å². The topological polar surface area (TPSA) is 35.9 Å². The minimum absolute atomic E-state index is 0.375. The molecule has 44 valence electrons. The molecule has 1 saturated heterocycles. The van der Waals surface area contributed by atoms with Gasteiger partial charge in [-0.2, -0.15) is 0 Å². The number of hydrogen-bond donors (Lipinski definition) is 2. The molecular formula is C6H10N2. The highest BCUT2D eigenvalue weighted by Gasteiger charge is 2.48. The molecule has 0 aromatic carbocycles. The van der Waals surface area contributed by atoms with Gasteiger partial charge in [-0.3, -0.25) is 0 Å². The normalized spacial score (nSPS) is 31.8. The summed E-state index contributed by atoms with van der Waals surface area (Å²) in [4.78, 5) is 0. The monoisotopic (exact) mass is 110 g/mol.